The normalized spacial score (nSPS) is 12.8. The zero-order valence-electron chi connectivity index (χ0n) is 22.0. The average Bonchev–Trinajstić information content (AvgIpc) is 3.43. The number of esters is 1. The number of H-pyrrole nitrogens is 1. The molecule has 1 unspecified atom stereocenters. The molecule has 0 saturated carbocycles. The molecule has 1 heterocycles. The Balaban J connectivity index is 1.97. The summed E-state index contributed by atoms with van der Waals surface area (Å²) in [6, 6.07) is 15.9. The van der Waals surface area contributed by atoms with Crippen molar-refractivity contribution in [1.82, 2.24) is 25.5 Å². The molecule has 1 aromatic heterocycles. The SMILES string of the molecule is CCCCC(=O)N(Cc1ccc(-c2ccccc2-c2nn[nH]n2)cc1)C(CC)(C(=O)OCC)C(C)C. The number of rotatable bonds is 12. The number of tetrazole rings is 1. The standard InChI is InChI=1S/C28H37N5O3/c1-6-9-14-25(34)33(28(7-2,20(4)5)27(35)36-8-3)19-21-15-17-22(18-16-21)23-12-10-11-13-24(23)26-29-31-32-30-26/h10-13,15-18,20H,6-9,14,19H2,1-5H3,(H,29,30,31,32). The van der Waals surface area contributed by atoms with Crippen LogP contribution in [0.3, 0.4) is 0 Å². The second-order valence-corrected chi connectivity index (χ2v) is 9.21. The summed E-state index contributed by atoms with van der Waals surface area (Å²) in [5.74, 6) is 0.0692. The minimum atomic E-state index is -1.02. The third-order valence-electron chi connectivity index (χ3n) is 6.77. The summed E-state index contributed by atoms with van der Waals surface area (Å²) in [5, 5.41) is 14.4. The van der Waals surface area contributed by atoms with Crippen LogP contribution in [0.1, 0.15) is 65.9 Å². The van der Waals surface area contributed by atoms with Crippen molar-refractivity contribution in [2.24, 2.45) is 5.92 Å². The number of nitrogens with zero attached hydrogens (tertiary/aromatic N) is 4. The Kier molecular flexibility index (Phi) is 9.33. The zero-order chi connectivity index (χ0) is 26.1. The van der Waals surface area contributed by atoms with E-state index < -0.39 is 5.54 Å². The van der Waals surface area contributed by atoms with Crippen LogP contribution < -0.4 is 0 Å². The van der Waals surface area contributed by atoms with Gasteiger partial charge < -0.3 is 9.64 Å². The molecule has 3 rings (SSSR count). The van der Waals surface area contributed by atoms with Crippen molar-refractivity contribution in [2.45, 2.75) is 72.4 Å². The fourth-order valence-electron chi connectivity index (χ4n) is 4.75. The maximum Gasteiger partial charge on any atom is 0.332 e. The molecular formula is C28H37N5O3. The average molecular weight is 492 g/mol. The number of aromatic amines is 1. The number of carbonyl (C=O) groups is 2. The zero-order valence-corrected chi connectivity index (χ0v) is 22.0. The number of hydrogen-bond donors (Lipinski definition) is 1. The van der Waals surface area contributed by atoms with E-state index in [1.807, 2.05) is 69.3 Å². The highest BCUT2D eigenvalue weighted by Crippen LogP contribution is 2.34. The Morgan fingerprint density at radius 2 is 1.72 bits per heavy atom. The van der Waals surface area contributed by atoms with Crippen molar-refractivity contribution < 1.29 is 14.3 Å². The van der Waals surface area contributed by atoms with Crippen LogP contribution in [0.4, 0.5) is 0 Å². The van der Waals surface area contributed by atoms with Crippen molar-refractivity contribution in [3.05, 3.63) is 54.1 Å². The van der Waals surface area contributed by atoms with Gasteiger partial charge in [-0.25, -0.2) is 4.79 Å². The van der Waals surface area contributed by atoms with Gasteiger partial charge in [-0.1, -0.05) is 82.6 Å². The second-order valence-electron chi connectivity index (χ2n) is 9.21. The summed E-state index contributed by atoms with van der Waals surface area (Å²) in [6.45, 7) is 10.4. The van der Waals surface area contributed by atoms with Crippen LogP contribution >= 0.6 is 0 Å². The van der Waals surface area contributed by atoms with Crippen LogP contribution in [0.2, 0.25) is 0 Å². The summed E-state index contributed by atoms with van der Waals surface area (Å²) in [7, 11) is 0. The summed E-state index contributed by atoms with van der Waals surface area (Å²) >= 11 is 0. The minimum absolute atomic E-state index is 0.0213. The van der Waals surface area contributed by atoms with Crippen molar-refractivity contribution in [1.29, 1.82) is 0 Å². The van der Waals surface area contributed by atoms with Gasteiger partial charge in [0.15, 0.2) is 0 Å². The van der Waals surface area contributed by atoms with Gasteiger partial charge in [0.1, 0.15) is 5.54 Å². The lowest BCUT2D eigenvalue weighted by molar-refractivity contribution is -0.169. The largest absolute Gasteiger partial charge is 0.464 e. The fraction of sp³-hybridized carbons (Fsp3) is 0.464. The van der Waals surface area contributed by atoms with Crippen LogP contribution in [0.25, 0.3) is 22.5 Å². The molecule has 192 valence electrons. The molecule has 8 heteroatoms. The lowest BCUT2D eigenvalue weighted by Crippen LogP contribution is -2.60. The van der Waals surface area contributed by atoms with Gasteiger partial charge in [-0.3, -0.25) is 4.79 Å². The topological polar surface area (TPSA) is 101 Å². The molecule has 1 atom stereocenters. The number of hydrogen-bond acceptors (Lipinski definition) is 6. The quantitative estimate of drug-likeness (QED) is 0.340. The smallest absolute Gasteiger partial charge is 0.332 e. The number of benzene rings is 2. The summed E-state index contributed by atoms with van der Waals surface area (Å²) < 4.78 is 5.51. The highest BCUT2D eigenvalue weighted by Gasteiger charge is 2.48. The van der Waals surface area contributed by atoms with E-state index in [-0.39, 0.29) is 24.4 Å². The molecule has 0 aliphatic carbocycles. The Bertz CT molecular complexity index is 1130. The van der Waals surface area contributed by atoms with Crippen molar-refractivity contribution >= 4 is 11.9 Å². The highest BCUT2D eigenvalue weighted by atomic mass is 16.5. The molecule has 0 radical (unpaired) electrons. The second kappa shape index (κ2) is 12.4. The first-order valence-electron chi connectivity index (χ1n) is 12.8. The first-order chi connectivity index (χ1) is 17.4. The minimum Gasteiger partial charge on any atom is -0.464 e. The predicted octanol–water partition coefficient (Wildman–Crippen LogP) is 5.42. The molecule has 0 saturated heterocycles. The van der Waals surface area contributed by atoms with E-state index in [2.05, 4.69) is 27.5 Å². The predicted molar refractivity (Wildman–Crippen MR) is 140 cm³/mol. The number of nitrogens with one attached hydrogen (secondary N) is 1. The first-order valence-corrected chi connectivity index (χ1v) is 12.8. The maximum atomic E-state index is 13.5. The number of aromatic nitrogens is 4. The summed E-state index contributed by atoms with van der Waals surface area (Å²) in [5.41, 5.74) is 2.79. The lowest BCUT2D eigenvalue weighted by Gasteiger charge is -2.44. The number of unbranched alkanes of at least 4 members (excludes halogenated alkanes) is 1. The Morgan fingerprint density at radius 3 is 2.28 bits per heavy atom. The van der Waals surface area contributed by atoms with E-state index in [4.69, 9.17) is 4.74 Å². The van der Waals surface area contributed by atoms with E-state index in [9.17, 15) is 9.59 Å². The Hall–Kier alpha value is -3.55. The summed E-state index contributed by atoms with van der Waals surface area (Å²) in [4.78, 5) is 28.5. The summed E-state index contributed by atoms with van der Waals surface area (Å²) in [6.07, 6.45) is 2.58. The lowest BCUT2D eigenvalue weighted by atomic mass is 9.81. The molecule has 0 spiro atoms. The van der Waals surface area contributed by atoms with E-state index in [1.54, 1.807) is 11.8 Å². The van der Waals surface area contributed by atoms with Crippen LogP contribution in [0, 0.1) is 5.92 Å². The molecule has 0 bridgehead atoms. The van der Waals surface area contributed by atoms with Gasteiger partial charge in [0, 0.05) is 18.5 Å². The maximum absolute atomic E-state index is 13.5. The van der Waals surface area contributed by atoms with E-state index in [0.29, 0.717) is 25.2 Å². The molecule has 0 fully saturated rings. The highest BCUT2D eigenvalue weighted by molar-refractivity contribution is 5.88. The molecule has 2 aromatic carbocycles. The van der Waals surface area contributed by atoms with Gasteiger partial charge in [0.25, 0.3) is 0 Å². The monoisotopic (exact) mass is 491 g/mol. The molecule has 3 aromatic rings. The fourth-order valence-corrected chi connectivity index (χ4v) is 4.75. The number of ether oxygens (including phenoxy) is 1. The van der Waals surface area contributed by atoms with E-state index in [1.165, 1.54) is 0 Å². The Labute approximate surface area is 213 Å². The van der Waals surface area contributed by atoms with Crippen LogP contribution in [0.15, 0.2) is 48.5 Å². The first kappa shape index (κ1) is 27.0. The number of amides is 1. The molecular weight excluding hydrogens is 454 g/mol. The molecule has 1 N–H and O–H groups in total. The van der Waals surface area contributed by atoms with Crippen LogP contribution in [-0.2, 0) is 20.9 Å². The van der Waals surface area contributed by atoms with Crippen LogP contribution in [0.5, 0.6) is 0 Å². The molecule has 36 heavy (non-hydrogen) atoms. The molecule has 8 nitrogen and oxygen atoms in total. The number of carbonyl (C=O) groups excluding carboxylic acids is 2. The third kappa shape index (κ3) is 5.64. The van der Waals surface area contributed by atoms with Gasteiger partial charge in [-0.05, 0) is 47.6 Å². The Morgan fingerprint density at radius 1 is 1.03 bits per heavy atom. The van der Waals surface area contributed by atoms with Gasteiger partial charge in [-0.15, -0.1) is 10.2 Å². The molecule has 0 aliphatic rings. The van der Waals surface area contributed by atoms with Gasteiger partial charge >= 0.3 is 5.97 Å². The van der Waals surface area contributed by atoms with Gasteiger partial charge in [-0.2, -0.15) is 5.21 Å². The van der Waals surface area contributed by atoms with E-state index in [0.717, 1.165) is 35.1 Å². The van der Waals surface area contributed by atoms with Gasteiger partial charge in [0.2, 0.25) is 11.7 Å². The van der Waals surface area contributed by atoms with Crippen molar-refractivity contribution in [3.63, 3.8) is 0 Å². The van der Waals surface area contributed by atoms with E-state index >= 15 is 0 Å². The van der Waals surface area contributed by atoms with Crippen molar-refractivity contribution in [2.75, 3.05) is 6.61 Å². The molecule has 1 amide bonds. The van der Waals surface area contributed by atoms with Gasteiger partial charge in [0.05, 0.1) is 6.61 Å². The van der Waals surface area contributed by atoms with Crippen LogP contribution in [-0.4, -0.2) is 49.5 Å². The third-order valence-corrected chi connectivity index (χ3v) is 6.77. The molecule has 0 aliphatic heterocycles. The van der Waals surface area contributed by atoms with Crippen molar-refractivity contribution in [3.8, 4) is 22.5 Å².